The van der Waals surface area contributed by atoms with Gasteiger partial charge in [-0.2, -0.15) is 0 Å². The summed E-state index contributed by atoms with van der Waals surface area (Å²) in [5.74, 6) is 0.546. The maximum Gasteiger partial charge on any atom is 0.0668 e. The van der Waals surface area contributed by atoms with Gasteiger partial charge in [0.25, 0.3) is 0 Å². The lowest BCUT2D eigenvalue weighted by molar-refractivity contribution is 0.862. The minimum Gasteiger partial charge on any atom is -0.253 e. The topological polar surface area (TPSA) is 12.9 Å². The highest BCUT2D eigenvalue weighted by Gasteiger charge is 2.11. The summed E-state index contributed by atoms with van der Waals surface area (Å²) in [6, 6.07) is 24.0. The Morgan fingerprint density at radius 3 is 2.52 bits per heavy atom. The fourth-order valence-electron chi connectivity index (χ4n) is 3.98. The molecule has 1 heteroatoms. The van der Waals surface area contributed by atoms with Gasteiger partial charge in [0.15, 0.2) is 0 Å². The molecule has 1 aliphatic rings. The summed E-state index contributed by atoms with van der Waals surface area (Å²) < 4.78 is 0. The molecule has 0 N–H and O–H groups in total. The number of hydrogen-bond acceptors (Lipinski definition) is 1. The molecule has 1 heterocycles. The minimum absolute atomic E-state index is 0.546. The standard InChI is InChI=1S/C30H31N/c1-4-23-8-5-9-24(18-23)14-15-25-16-17-28(19-25)30-13-7-12-29(31-30)21-26-10-6-11-27(20-26)22(2)3/h5-18,20,22H,4,19,21H2,1-3H3. The van der Waals surface area contributed by atoms with E-state index < -0.39 is 0 Å². The van der Waals surface area contributed by atoms with Crippen LogP contribution in [-0.4, -0.2) is 4.98 Å². The fourth-order valence-corrected chi connectivity index (χ4v) is 3.98. The van der Waals surface area contributed by atoms with E-state index in [0.717, 1.165) is 30.7 Å². The third-order valence-corrected chi connectivity index (χ3v) is 5.88. The summed E-state index contributed by atoms with van der Waals surface area (Å²) in [5, 5.41) is 0. The van der Waals surface area contributed by atoms with Crippen molar-refractivity contribution in [2.24, 2.45) is 0 Å². The zero-order valence-electron chi connectivity index (χ0n) is 18.8. The summed E-state index contributed by atoms with van der Waals surface area (Å²) in [5.41, 5.74) is 10.2. The number of aryl methyl sites for hydroxylation is 1. The smallest absolute Gasteiger partial charge is 0.0668 e. The molecule has 2 aromatic carbocycles. The van der Waals surface area contributed by atoms with Crippen LogP contribution in [0.1, 0.15) is 66.8 Å². The Kier molecular flexibility index (Phi) is 6.62. The third-order valence-electron chi connectivity index (χ3n) is 5.88. The molecule has 0 spiro atoms. The van der Waals surface area contributed by atoms with Crippen molar-refractivity contribution in [1.29, 1.82) is 0 Å². The van der Waals surface area contributed by atoms with Gasteiger partial charge in [-0.15, -0.1) is 0 Å². The second-order valence-electron chi connectivity index (χ2n) is 8.63. The SMILES string of the molecule is CCc1cccc(C=CC2=CC=C(c3cccc(Cc4cccc(C(C)C)c4)n3)C2)c1. The van der Waals surface area contributed by atoms with Crippen LogP contribution >= 0.6 is 0 Å². The van der Waals surface area contributed by atoms with E-state index in [4.69, 9.17) is 4.98 Å². The molecular formula is C30H31N. The number of allylic oxidation sites excluding steroid dienone is 5. The van der Waals surface area contributed by atoms with Crippen molar-refractivity contribution in [2.45, 2.75) is 46.0 Å². The monoisotopic (exact) mass is 405 g/mol. The molecule has 0 fully saturated rings. The lowest BCUT2D eigenvalue weighted by atomic mass is 9.99. The number of nitrogens with zero attached hydrogens (tertiary/aromatic N) is 1. The number of aromatic nitrogens is 1. The molecule has 0 saturated carbocycles. The lowest BCUT2D eigenvalue weighted by Crippen LogP contribution is -1.97. The molecule has 1 nitrogen and oxygen atoms in total. The first-order chi connectivity index (χ1) is 15.1. The van der Waals surface area contributed by atoms with E-state index in [1.54, 1.807) is 0 Å². The van der Waals surface area contributed by atoms with Gasteiger partial charge in [-0.3, -0.25) is 4.98 Å². The Bertz CT molecular complexity index is 1140. The minimum atomic E-state index is 0.546. The van der Waals surface area contributed by atoms with E-state index in [-0.39, 0.29) is 0 Å². The Balaban J connectivity index is 1.42. The summed E-state index contributed by atoms with van der Waals surface area (Å²) in [6.07, 6.45) is 11.8. The predicted molar refractivity (Wildman–Crippen MR) is 133 cm³/mol. The Hall–Kier alpha value is -3.19. The number of hydrogen-bond donors (Lipinski definition) is 0. The van der Waals surface area contributed by atoms with Crippen molar-refractivity contribution in [2.75, 3.05) is 0 Å². The van der Waals surface area contributed by atoms with E-state index >= 15 is 0 Å². The van der Waals surface area contributed by atoms with Crippen LogP contribution in [0.2, 0.25) is 0 Å². The van der Waals surface area contributed by atoms with E-state index in [1.807, 2.05) is 0 Å². The number of pyridine rings is 1. The quantitative estimate of drug-likeness (QED) is 0.391. The van der Waals surface area contributed by atoms with Gasteiger partial charge in [-0.1, -0.05) is 99.7 Å². The van der Waals surface area contributed by atoms with Crippen LogP contribution in [0.3, 0.4) is 0 Å². The zero-order valence-corrected chi connectivity index (χ0v) is 18.8. The molecule has 1 aromatic heterocycles. The average molecular weight is 406 g/mol. The van der Waals surface area contributed by atoms with Crippen LogP contribution < -0.4 is 0 Å². The number of benzene rings is 2. The highest BCUT2D eigenvalue weighted by Crippen LogP contribution is 2.28. The molecule has 0 aliphatic heterocycles. The van der Waals surface area contributed by atoms with Gasteiger partial charge in [-0.25, -0.2) is 0 Å². The molecule has 0 unspecified atom stereocenters. The summed E-state index contributed by atoms with van der Waals surface area (Å²) in [7, 11) is 0. The van der Waals surface area contributed by atoms with Gasteiger partial charge >= 0.3 is 0 Å². The molecule has 4 rings (SSSR count). The molecule has 31 heavy (non-hydrogen) atoms. The molecule has 0 bridgehead atoms. The molecule has 0 saturated heterocycles. The Morgan fingerprint density at radius 1 is 0.871 bits per heavy atom. The van der Waals surface area contributed by atoms with Crippen LogP contribution in [-0.2, 0) is 12.8 Å². The van der Waals surface area contributed by atoms with Crippen LogP contribution in [0, 0.1) is 0 Å². The second kappa shape index (κ2) is 9.75. The van der Waals surface area contributed by atoms with Crippen molar-refractivity contribution in [3.8, 4) is 0 Å². The van der Waals surface area contributed by atoms with Crippen LogP contribution in [0.25, 0.3) is 11.6 Å². The largest absolute Gasteiger partial charge is 0.253 e. The van der Waals surface area contributed by atoms with Crippen molar-refractivity contribution >= 4 is 11.6 Å². The van der Waals surface area contributed by atoms with E-state index in [1.165, 1.54) is 33.4 Å². The summed E-state index contributed by atoms with van der Waals surface area (Å²) >= 11 is 0. The van der Waals surface area contributed by atoms with Crippen LogP contribution in [0.4, 0.5) is 0 Å². The van der Waals surface area contributed by atoms with Crippen molar-refractivity contribution < 1.29 is 0 Å². The molecule has 0 radical (unpaired) electrons. The van der Waals surface area contributed by atoms with Crippen LogP contribution in [0.5, 0.6) is 0 Å². The maximum absolute atomic E-state index is 4.97. The number of rotatable bonds is 7. The first kappa shape index (κ1) is 21.1. The van der Waals surface area contributed by atoms with Crippen molar-refractivity contribution in [3.63, 3.8) is 0 Å². The highest BCUT2D eigenvalue weighted by molar-refractivity contribution is 5.72. The molecule has 0 amide bonds. The average Bonchev–Trinajstić information content (AvgIpc) is 3.27. The summed E-state index contributed by atoms with van der Waals surface area (Å²) in [6.45, 7) is 6.68. The van der Waals surface area contributed by atoms with E-state index in [2.05, 4.69) is 112 Å². The summed E-state index contributed by atoms with van der Waals surface area (Å²) in [4.78, 5) is 4.97. The molecule has 0 atom stereocenters. The van der Waals surface area contributed by atoms with Gasteiger partial charge in [0.05, 0.1) is 5.69 Å². The van der Waals surface area contributed by atoms with Gasteiger partial charge in [0.2, 0.25) is 0 Å². The highest BCUT2D eigenvalue weighted by atomic mass is 14.7. The maximum atomic E-state index is 4.97. The molecule has 3 aromatic rings. The normalized spacial score (nSPS) is 13.7. The zero-order chi connectivity index (χ0) is 21.6. The third kappa shape index (κ3) is 5.49. The fraction of sp³-hybridized carbons (Fsp3) is 0.233. The van der Waals surface area contributed by atoms with Crippen molar-refractivity contribution in [3.05, 3.63) is 124 Å². The molecular weight excluding hydrogens is 374 g/mol. The first-order valence-electron chi connectivity index (χ1n) is 11.3. The molecule has 1 aliphatic carbocycles. The van der Waals surface area contributed by atoms with E-state index in [0.29, 0.717) is 5.92 Å². The Morgan fingerprint density at radius 2 is 1.68 bits per heavy atom. The Labute approximate surface area is 186 Å². The van der Waals surface area contributed by atoms with Gasteiger partial charge in [0, 0.05) is 12.1 Å². The second-order valence-corrected chi connectivity index (χ2v) is 8.63. The van der Waals surface area contributed by atoms with E-state index in [9.17, 15) is 0 Å². The van der Waals surface area contributed by atoms with Gasteiger partial charge in [-0.05, 0) is 64.3 Å². The van der Waals surface area contributed by atoms with Crippen molar-refractivity contribution in [1.82, 2.24) is 4.98 Å². The van der Waals surface area contributed by atoms with Gasteiger partial charge in [0.1, 0.15) is 0 Å². The predicted octanol–water partition coefficient (Wildman–Crippen LogP) is 7.79. The van der Waals surface area contributed by atoms with Crippen LogP contribution in [0.15, 0.2) is 90.5 Å². The molecule has 156 valence electrons. The first-order valence-corrected chi connectivity index (χ1v) is 11.3. The van der Waals surface area contributed by atoms with Gasteiger partial charge < -0.3 is 0 Å². The lowest BCUT2D eigenvalue weighted by Gasteiger charge is -2.09.